The molecule has 4 rings (SSSR count). The van der Waals surface area contributed by atoms with Crippen molar-refractivity contribution in [1.82, 2.24) is 9.97 Å². The molecular formula is C43H63F3N2O2Si. The van der Waals surface area contributed by atoms with Crippen molar-refractivity contribution in [2.24, 2.45) is 11.8 Å². The molecule has 0 bridgehead atoms. The molecule has 3 atom stereocenters. The Bertz CT molecular complexity index is 1440. The molecule has 8 heteroatoms. The maximum absolute atomic E-state index is 15.8. The predicted molar refractivity (Wildman–Crippen MR) is 209 cm³/mol. The van der Waals surface area contributed by atoms with Crippen molar-refractivity contribution in [2.45, 2.75) is 148 Å². The van der Waals surface area contributed by atoms with Gasteiger partial charge in [-0.2, -0.15) is 8.78 Å². The van der Waals surface area contributed by atoms with Gasteiger partial charge in [-0.1, -0.05) is 140 Å². The zero-order valence-corrected chi connectivity index (χ0v) is 33.3. The van der Waals surface area contributed by atoms with Crippen molar-refractivity contribution in [3.8, 4) is 28.3 Å². The molecule has 0 spiro atoms. The molecule has 1 aliphatic heterocycles. The number of nitrogens with zero attached hydrogens (tertiary/aromatic N) is 2. The quantitative estimate of drug-likeness (QED) is 0.0645. The van der Waals surface area contributed by atoms with Crippen LogP contribution in [0.15, 0.2) is 48.8 Å². The van der Waals surface area contributed by atoms with Crippen molar-refractivity contribution in [3.05, 3.63) is 60.2 Å². The van der Waals surface area contributed by atoms with E-state index in [1.807, 2.05) is 6.07 Å². The topological polar surface area (TPSA) is 44.2 Å². The summed E-state index contributed by atoms with van der Waals surface area (Å²) in [6.07, 6.45) is 19.8. The minimum Gasteiger partial charge on any atom is -0.483 e. The average molecular weight is 725 g/mol. The Labute approximate surface area is 308 Å². The lowest BCUT2D eigenvalue weighted by atomic mass is 9.94. The second-order valence-corrected chi connectivity index (χ2v) is 17.0. The molecule has 51 heavy (non-hydrogen) atoms. The highest BCUT2D eigenvalue weighted by atomic mass is 28.2. The predicted octanol–water partition coefficient (Wildman–Crippen LogP) is 11.6. The fourth-order valence-corrected chi connectivity index (χ4v) is 9.50. The van der Waals surface area contributed by atoms with Gasteiger partial charge in [0.2, 0.25) is 0 Å². The summed E-state index contributed by atoms with van der Waals surface area (Å²) < 4.78 is 58.0. The first-order valence-electron chi connectivity index (χ1n) is 20.1. The summed E-state index contributed by atoms with van der Waals surface area (Å²) in [6, 6.07) is 12.5. The van der Waals surface area contributed by atoms with Crippen LogP contribution in [-0.4, -0.2) is 38.8 Å². The highest BCUT2D eigenvalue weighted by Crippen LogP contribution is 2.50. The summed E-state index contributed by atoms with van der Waals surface area (Å²) in [5.74, 6) is -2.87. The van der Waals surface area contributed by atoms with E-state index >= 15 is 13.2 Å². The zero-order valence-electron chi connectivity index (χ0n) is 31.8. The van der Waals surface area contributed by atoms with E-state index in [1.54, 1.807) is 12.4 Å². The molecule has 2 aromatic carbocycles. The minimum atomic E-state index is -3.44. The van der Waals surface area contributed by atoms with E-state index in [4.69, 9.17) is 9.47 Å². The number of halogens is 3. The fraction of sp³-hybridized carbons (Fsp3) is 0.628. The van der Waals surface area contributed by atoms with E-state index in [-0.39, 0.29) is 23.6 Å². The first kappa shape index (κ1) is 41.0. The van der Waals surface area contributed by atoms with Gasteiger partial charge in [0.15, 0.2) is 11.9 Å². The fourth-order valence-electron chi connectivity index (χ4n) is 7.32. The molecule has 3 unspecified atom stereocenters. The molecule has 0 saturated heterocycles. The number of benzene rings is 2. The number of rotatable bonds is 25. The van der Waals surface area contributed by atoms with Gasteiger partial charge < -0.3 is 9.47 Å². The summed E-state index contributed by atoms with van der Waals surface area (Å²) >= 11 is 0. The van der Waals surface area contributed by atoms with E-state index in [9.17, 15) is 0 Å². The number of unbranched alkanes of at least 4 members (excludes halogenated alkanes) is 7. The second kappa shape index (κ2) is 21.7. The third kappa shape index (κ3) is 12.4. The first-order chi connectivity index (χ1) is 24.8. The van der Waals surface area contributed by atoms with Crippen molar-refractivity contribution < 1.29 is 22.6 Å². The summed E-state index contributed by atoms with van der Waals surface area (Å²) in [7, 11) is -0.506. The molecule has 0 saturated carbocycles. The van der Waals surface area contributed by atoms with Crippen LogP contribution in [0.25, 0.3) is 22.5 Å². The van der Waals surface area contributed by atoms with Crippen molar-refractivity contribution in [2.75, 3.05) is 13.2 Å². The lowest BCUT2D eigenvalue weighted by Gasteiger charge is -2.18. The Morgan fingerprint density at radius 3 is 2.10 bits per heavy atom. The van der Waals surface area contributed by atoms with Crippen LogP contribution in [-0.2, 0) is 10.7 Å². The number of hydrogen-bond donors (Lipinski definition) is 0. The number of ether oxygens (including phenoxy) is 2. The molecule has 0 N–H and O–H groups in total. The maximum Gasteiger partial charge on any atom is 0.315 e. The van der Waals surface area contributed by atoms with Gasteiger partial charge in [0.1, 0.15) is 17.1 Å². The van der Waals surface area contributed by atoms with Crippen LogP contribution >= 0.6 is 0 Å². The van der Waals surface area contributed by atoms with E-state index in [0.717, 1.165) is 35.8 Å². The van der Waals surface area contributed by atoms with E-state index in [0.29, 0.717) is 26.1 Å². The Kier molecular flexibility index (Phi) is 17.5. The van der Waals surface area contributed by atoms with Gasteiger partial charge in [-0.15, -0.1) is 0 Å². The number of aromatic nitrogens is 2. The molecular weight excluding hydrogens is 662 g/mol. The summed E-state index contributed by atoms with van der Waals surface area (Å²) in [5.41, 5.74) is 1.25. The Hall–Kier alpha value is -2.71. The SMILES string of the molecule is CCCCCCOCCCCC1Oc2ccc(-c3ncc(-c4ccccc4[SiH2]CCC(C)CCCCC(C)CCCCC)cn3)c(F)c2C1(F)F. The largest absolute Gasteiger partial charge is 0.483 e. The lowest BCUT2D eigenvalue weighted by Crippen LogP contribution is -2.30. The maximum atomic E-state index is 15.8. The zero-order chi connectivity index (χ0) is 36.5. The van der Waals surface area contributed by atoms with Crippen LogP contribution < -0.4 is 9.92 Å². The third-order valence-electron chi connectivity index (χ3n) is 10.6. The summed E-state index contributed by atoms with van der Waals surface area (Å²) in [5, 5.41) is 1.37. The first-order valence-corrected chi connectivity index (χ1v) is 21.8. The van der Waals surface area contributed by atoms with Crippen LogP contribution in [0.4, 0.5) is 13.2 Å². The van der Waals surface area contributed by atoms with E-state index in [2.05, 4.69) is 55.9 Å². The number of alkyl halides is 2. The molecule has 2 heterocycles. The van der Waals surface area contributed by atoms with Gasteiger partial charge in [-0.3, -0.25) is 0 Å². The molecule has 0 aliphatic carbocycles. The summed E-state index contributed by atoms with van der Waals surface area (Å²) in [4.78, 5) is 8.94. The van der Waals surface area contributed by atoms with Gasteiger partial charge >= 0.3 is 5.92 Å². The molecule has 282 valence electrons. The number of hydrogen-bond acceptors (Lipinski definition) is 4. The third-order valence-corrected chi connectivity index (χ3v) is 12.5. The lowest BCUT2D eigenvalue weighted by molar-refractivity contribution is -0.0815. The standard InChI is InChI=1S/C43H63F3N2O2Si/c1-5-7-9-16-27-49-28-17-15-23-39-43(45,46)40-37(50-39)25-24-36(41(40)44)42-47-30-34(31-48-42)35-21-13-14-22-38(35)51-29-26-33(4)20-12-11-19-32(3)18-10-8-6-2/h13-14,21-22,24-25,30-33,39H,5-12,15-20,23,26-29,51H2,1-4H3. The van der Waals surface area contributed by atoms with E-state index < -0.39 is 32.9 Å². The Morgan fingerprint density at radius 1 is 0.765 bits per heavy atom. The van der Waals surface area contributed by atoms with Crippen molar-refractivity contribution in [1.29, 1.82) is 0 Å². The molecule has 0 fully saturated rings. The normalized spacial score (nSPS) is 16.4. The summed E-state index contributed by atoms with van der Waals surface area (Å²) in [6.45, 7) is 10.5. The van der Waals surface area contributed by atoms with Gasteiger partial charge in [-0.05, 0) is 55.2 Å². The van der Waals surface area contributed by atoms with Crippen LogP contribution in [0, 0.1) is 17.7 Å². The Morgan fingerprint density at radius 2 is 1.39 bits per heavy atom. The van der Waals surface area contributed by atoms with Crippen LogP contribution in [0.5, 0.6) is 5.75 Å². The van der Waals surface area contributed by atoms with Crippen LogP contribution in [0.3, 0.4) is 0 Å². The van der Waals surface area contributed by atoms with Gasteiger partial charge in [0, 0.05) is 31.2 Å². The van der Waals surface area contributed by atoms with E-state index in [1.165, 1.54) is 94.0 Å². The molecule has 0 amide bonds. The molecule has 3 aromatic rings. The molecule has 4 nitrogen and oxygen atoms in total. The van der Waals surface area contributed by atoms with Crippen molar-refractivity contribution >= 4 is 14.7 Å². The van der Waals surface area contributed by atoms with Gasteiger partial charge in [0.05, 0.1) is 15.1 Å². The van der Waals surface area contributed by atoms with Crippen LogP contribution in [0.1, 0.15) is 136 Å². The average Bonchev–Trinajstić information content (AvgIpc) is 3.39. The van der Waals surface area contributed by atoms with Gasteiger partial charge in [0.25, 0.3) is 0 Å². The smallest absolute Gasteiger partial charge is 0.315 e. The van der Waals surface area contributed by atoms with Crippen molar-refractivity contribution in [3.63, 3.8) is 0 Å². The Balaban J connectivity index is 1.28. The monoisotopic (exact) mass is 724 g/mol. The number of fused-ring (bicyclic) bond motifs is 1. The van der Waals surface area contributed by atoms with Crippen LogP contribution in [0.2, 0.25) is 6.04 Å². The molecule has 1 aliphatic rings. The second-order valence-electron chi connectivity index (χ2n) is 15.0. The van der Waals surface area contributed by atoms with Gasteiger partial charge in [-0.25, -0.2) is 14.4 Å². The minimum absolute atomic E-state index is 0.0386. The molecule has 1 aromatic heterocycles. The highest BCUT2D eigenvalue weighted by molar-refractivity contribution is 6.55. The molecule has 0 radical (unpaired) electrons. The highest BCUT2D eigenvalue weighted by Gasteiger charge is 2.53.